The number of anilines is 1. The molecule has 0 radical (unpaired) electrons. The molecule has 1 aromatic heterocycles. The molecule has 20 heavy (non-hydrogen) atoms. The number of halogens is 3. The second kappa shape index (κ2) is 5.43. The van der Waals surface area contributed by atoms with E-state index in [4.69, 9.17) is 0 Å². The van der Waals surface area contributed by atoms with Crippen molar-refractivity contribution in [2.24, 2.45) is 13.0 Å². The molecular formula is C12H17F3N4O. The van der Waals surface area contributed by atoms with Crippen LogP contribution in [0, 0.1) is 12.8 Å². The Labute approximate surface area is 114 Å². The molecule has 112 valence electrons. The van der Waals surface area contributed by atoms with Gasteiger partial charge in [-0.1, -0.05) is 0 Å². The van der Waals surface area contributed by atoms with Gasteiger partial charge in [-0.15, -0.1) is 0 Å². The van der Waals surface area contributed by atoms with Crippen LogP contribution in [-0.4, -0.2) is 34.5 Å². The quantitative estimate of drug-likeness (QED) is 0.870. The Hall–Kier alpha value is -1.57. The molecule has 1 aliphatic heterocycles. The Bertz CT molecular complexity index is 489. The molecule has 1 aromatic rings. The first-order chi connectivity index (χ1) is 9.27. The molecule has 2 rings (SSSR count). The van der Waals surface area contributed by atoms with E-state index in [2.05, 4.69) is 15.7 Å². The van der Waals surface area contributed by atoms with Crippen molar-refractivity contribution in [1.29, 1.82) is 0 Å². The monoisotopic (exact) mass is 290 g/mol. The van der Waals surface area contributed by atoms with Crippen LogP contribution >= 0.6 is 0 Å². The molecule has 0 aromatic carbocycles. The number of aryl methyl sites for hydroxylation is 2. The Balaban J connectivity index is 1.91. The highest BCUT2D eigenvalue weighted by Crippen LogP contribution is 2.32. The highest BCUT2D eigenvalue weighted by molar-refractivity contribution is 5.94. The normalized spacial score (nSPS) is 23.6. The van der Waals surface area contributed by atoms with Gasteiger partial charge in [0.05, 0.1) is 17.7 Å². The average molecular weight is 290 g/mol. The minimum absolute atomic E-state index is 0.0288. The molecule has 1 saturated heterocycles. The lowest BCUT2D eigenvalue weighted by atomic mass is 9.94. The molecule has 2 atom stereocenters. The van der Waals surface area contributed by atoms with Crippen LogP contribution in [-0.2, 0) is 11.8 Å². The number of nitrogens with zero attached hydrogens (tertiary/aromatic N) is 2. The van der Waals surface area contributed by atoms with Crippen molar-refractivity contribution in [3.05, 3.63) is 11.8 Å². The number of carbonyl (C=O) groups is 1. The summed E-state index contributed by atoms with van der Waals surface area (Å²) in [6, 6.07) is 1.11. The standard InChI is InChI=1S/C12H17F3N4O/c1-7-5-10(19(2)18-7)17-11(20)9-4-3-8(6-16-9)12(13,14)15/h5,8-9,16H,3-4,6H2,1-2H3,(H,17,20). The van der Waals surface area contributed by atoms with Crippen molar-refractivity contribution >= 4 is 11.7 Å². The summed E-state index contributed by atoms with van der Waals surface area (Å²) in [5.41, 5.74) is 0.761. The zero-order valence-corrected chi connectivity index (χ0v) is 11.3. The molecule has 2 N–H and O–H groups in total. The second-order valence-electron chi connectivity index (χ2n) is 5.06. The molecule has 5 nitrogen and oxygen atoms in total. The fraction of sp³-hybridized carbons (Fsp3) is 0.667. The maximum absolute atomic E-state index is 12.5. The number of carbonyl (C=O) groups excluding carboxylic acids is 1. The van der Waals surface area contributed by atoms with E-state index in [1.54, 1.807) is 20.0 Å². The van der Waals surface area contributed by atoms with Crippen molar-refractivity contribution in [2.75, 3.05) is 11.9 Å². The van der Waals surface area contributed by atoms with Crippen LogP contribution in [0.15, 0.2) is 6.07 Å². The minimum atomic E-state index is -4.20. The Kier molecular flexibility index (Phi) is 4.03. The molecule has 1 fully saturated rings. The first-order valence-electron chi connectivity index (χ1n) is 6.39. The van der Waals surface area contributed by atoms with E-state index in [-0.39, 0.29) is 25.3 Å². The third-order valence-electron chi connectivity index (χ3n) is 3.45. The van der Waals surface area contributed by atoms with E-state index in [0.717, 1.165) is 5.69 Å². The zero-order valence-electron chi connectivity index (χ0n) is 11.3. The molecule has 1 aliphatic rings. The van der Waals surface area contributed by atoms with E-state index < -0.39 is 18.1 Å². The van der Waals surface area contributed by atoms with Crippen molar-refractivity contribution in [3.8, 4) is 0 Å². The summed E-state index contributed by atoms with van der Waals surface area (Å²) in [4.78, 5) is 12.0. The van der Waals surface area contributed by atoms with Crippen molar-refractivity contribution in [2.45, 2.75) is 32.0 Å². The fourth-order valence-corrected chi connectivity index (χ4v) is 2.30. The molecule has 8 heteroatoms. The highest BCUT2D eigenvalue weighted by atomic mass is 19.4. The van der Waals surface area contributed by atoms with E-state index in [9.17, 15) is 18.0 Å². The molecule has 0 bridgehead atoms. The third kappa shape index (κ3) is 3.30. The van der Waals surface area contributed by atoms with Crippen molar-refractivity contribution < 1.29 is 18.0 Å². The summed E-state index contributed by atoms with van der Waals surface area (Å²) in [6.45, 7) is 1.58. The van der Waals surface area contributed by atoms with Crippen LogP contribution in [0.2, 0.25) is 0 Å². The summed E-state index contributed by atoms with van der Waals surface area (Å²) in [5.74, 6) is -1.16. The Morgan fingerprint density at radius 2 is 2.20 bits per heavy atom. The molecule has 0 aliphatic carbocycles. The first-order valence-corrected chi connectivity index (χ1v) is 6.39. The zero-order chi connectivity index (χ0) is 14.9. The predicted molar refractivity (Wildman–Crippen MR) is 67.1 cm³/mol. The van der Waals surface area contributed by atoms with Gasteiger partial charge in [-0.25, -0.2) is 0 Å². The van der Waals surface area contributed by atoms with E-state index in [1.165, 1.54) is 4.68 Å². The summed E-state index contributed by atoms with van der Waals surface area (Å²) in [7, 11) is 1.69. The Morgan fingerprint density at radius 3 is 2.65 bits per heavy atom. The maximum Gasteiger partial charge on any atom is 0.393 e. The van der Waals surface area contributed by atoms with Gasteiger partial charge in [-0.05, 0) is 19.8 Å². The van der Waals surface area contributed by atoms with Gasteiger partial charge in [0.25, 0.3) is 0 Å². The van der Waals surface area contributed by atoms with Crippen molar-refractivity contribution in [3.63, 3.8) is 0 Å². The van der Waals surface area contributed by atoms with Gasteiger partial charge >= 0.3 is 6.18 Å². The van der Waals surface area contributed by atoms with Gasteiger partial charge in [0, 0.05) is 19.7 Å². The lowest BCUT2D eigenvalue weighted by Gasteiger charge is -2.30. The lowest BCUT2D eigenvalue weighted by molar-refractivity contribution is -0.180. The predicted octanol–water partition coefficient (Wildman–Crippen LogP) is 1.60. The first kappa shape index (κ1) is 14.8. The summed E-state index contributed by atoms with van der Waals surface area (Å²) in [6.07, 6.45) is -4.06. The van der Waals surface area contributed by atoms with Gasteiger partial charge < -0.3 is 10.6 Å². The van der Waals surface area contributed by atoms with Crippen LogP contribution in [0.5, 0.6) is 0 Å². The minimum Gasteiger partial charge on any atom is -0.310 e. The number of hydrogen-bond donors (Lipinski definition) is 2. The SMILES string of the molecule is Cc1cc(NC(=O)C2CCC(C(F)(F)F)CN2)n(C)n1. The number of amides is 1. The number of aromatic nitrogens is 2. The summed E-state index contributed by atoms with van der Waals surface area (Å²) < 4.78 is 39.1. The summed E-state index contributed by atoms with van der Waals surface area (Å²) in [5, 5.41) is 9.42. The number of alkyl halides is 3. The van der Waals surface area contributed by atoms with Gasteiger partial charge in [0.15, 0.2) is 0 Å². The number of hydrogen-bond acceptors (Lipinski definition) is 3. The van der Waals surface area contributed by atoms with Crippen LogP contribution in [0.1, 0.15) is 18.5 Å². The topological polar surface area (TPSA) is 59.0 Å². The molecule has 2 unspecified atom stereocenters. The molecule has 2 heterocycles. The van der Waals surface area contributed by atoms with Gasteiger partial charge in [0.2, 0.25) is 5.91 Å². The fourth-order valence-electron chi connectivity index (χ4n) is 2.30. The molecular weight excluding hydrogens is 273 g/mol. The largest absolute Gasteiger partial charge is 0.393 e. The van der Waals surface area contributed by atoms with E-state index >= 15 is 0 Å². The third-order valence-corrected chi connectivity index (χ3v) is 3.45. The Morgan fingerprint density at radius 1 is 1.50 bits per heavy atom. The molecule has 0 saturated carbocycles. The van der Waals surface area contributed by atoms with E-state index in [0.29, 0.717) is 5.82 Å². The van der Waals surface area contributed by atoms with E-state index in [1.807, 2.05) is 0 Å². The lowest BCUT2D eigenvalue weighted by Crippen LogP contribution is -2.49. The van der Waals surface area contributed by atoms with Crippen molar-refractivity contribution in [1.82, 2.24) is 15.1 Å². The van der Waals surface area contributed by atoms with Gasteiger partial charge in [-0.2, -0.15) is 18.3 Å². The number of rotatable bonds is 2. The smallest absolute Gasteiger partial charge is 0.310 e. The number of piperidine rings is 1. The molecule has 1 amide bonds. The van der Waals surface area contributed by atoms with Crippen LogP contribution in [0.25, 0.3) is 0 Å². The van der Waals surface area contributed by atoms with Gasteiger partial charge in [-0.3, -0.25) is 9.48 Å². The van der Waals surface area contributed by atoms with Crippen LogP contribution < -0.4 is 10.6 Å². The summed E-state index contributed by atoms with van der Waals surface area (Å²) >= 11 is 0. The average Bonchev–Trinajstić information content (AvgIpc) is 2.67. The highest BCUT2D eigenvalue weighted by Gasteiger charge is 2.42. The van der Waals surface area contributed by atoms with Crippen LogP contribution in [0.4, 0.5) is 19.0 Å². The maximum atomic E-state index is 12.5. The molecule has 0 spiro atoms. The second-order valence-corrected chi connectivity index (χ2v) is 5.06. The van der Waals surface area contributed by atoms with Gasteiger partial charge in [0.1, 0.15) is 5.82 Å². The van der Waals surface area contributed by atoms with Crippen LogP contribution in [0.3, 0.4) is 0 Å². The number of nitrogens with one attached hydrogen (secondary N) is 2.